The third-order valence-corrected chi connectivity index (χ3v) is 5.92. The number of hydrogen-bond donors (Lipinski definition) is 0. The molecule has 5 nitrogen and oxygen atoms in total. The molecule has 0 saturated carbocycles. The summed E-state index contributed by atoms with van der Waals surface area (Å²) in [6.07, 6.45) is -3.25. The van der Waals surface area contributed by atoms with E-state index >= 15 is 0 Å². The van der Waals surface area contributed by atoms with Crippen LogP contribution in [-0.2, 0) is 13.2 Å². The van der Waals surface area contributed by atoms with E-state index in [0.717, 1.165) is 61.9 Å². The Kier molecular flexibility index (Phi) is 6.31. The minimum absolute atomic E-state index is 0.585. The molecule has 1 aliphatic rings. The second-order valence-electron chi connectivity index (χ2n) is 6.67. The predicted molar refractivity (Wildman–Crippen MR) is 101 cm³/mol. The van der Waals surface area contributed by atoms with Crippen LogP contribution in [0.3, 0.4) is 0 Å². The zero-order chi connectivity index (χ0) is 19.4. The van der Waals surface area contributed by atoms with E-state index in [1.54, 1.807) is 17.8 Å². The number of alkyl halides is 3. The lowest BCUT2D eigenvalue weighted by Crippen LogP contribution is -2.46. The van der Waals surface area contributed by atoms with E-state index in [9.17, 15) is 13.2 Å². The van der Waals surface area contributed by atoms with Crippen LogP contribution in [0.1, 0.15) is 17.8 Å². The molecule has 0 spiro atoms. The molecule has 0 unspecified atom stereocenters. The molecule has 2 heterocycles. The third kappa shape index (κ3) is 5.16. The maximum Gasteiger partial charge on any atom is 0.416 e. The fraction of sp³-hybridized carbons (Fsp3) is 0.556. The number of rotatable bonds is 6. The average Bonchev–Trinajstić information content (AvgIpc) is 2.97. The molecule has 1 aliphatic heterocycles. The lowest BCUT2D eigenvalue weighted by Gasteiger charge is -2.36. The zero-order valence-corrected chi connectivity index (χ0v) is 16.4. The lowest BCUT2D eigenvalue weighted by atomic mass is 10.1. The van der Waals surface area contributed by atoms with Crippen molar-refractivity contribution in [2.45, 2.75) is 24.7 Å². The first-order valence-electron chi connectivity index (χ1n) is 8.98. The Morgan fingerprint density at radius 2 is 1.85 bits per heavy atom. The number of anilines is 1. The Bertz CT molecular complexity index is 754. The Labute approximate surface area is 161 Å². The fourth-order valence-electron chi connectivity index (χ4n) is 3.07. The average molecular weight is 399 g/mol. The van der Waals surface area contributed by atoms with Crippen molar-refractivity contribution in [1.82, 2.24) is 19.7 Å². The number of piperazine rings is 1. The van der Waals surface area contributed by atoms with Gasteiger partial charge in [0, 0.05) is 44.7 Å². The summed E-state index contributed by atoms with van der Waals surface area (Å²) in [7, 11) is 1.96. The van der Waals surface area contributed by atoms with Crippen LogP contribution < -0.4 is 4.90 Å². The summed E-state index contributed by atoms with van der Waals surface area (Å²) >= 11 is 1.70. The Morgan fingerprint density at radius 3 is 2.48 bits per heavy atom. The molecular weight excluding hydrogens is 375 g/mol. The lowest BCUT2D eigenvalue weighted by molar-refractivity contribution is -0.137. The molecule has 1 fully saturated rings. The van der Waals surface area contributed by atoms with Gasteiger partial charge < -0.3 is 9.47 Å². The second-order valence-corrected chi connectivity index (χ2v) is 7.73. The minimum Gasteiger partial charge on any atom is -0.369 e. The molecule has 148 valence electrons. The molecular formula is C18H24F3N5S. The molecule has 3 rings (SSSR count). The highest BCUT2D eigenvalue weighted by molar-refractivity contribution is 7.99. The van der Waals surface area contributed by atoms with Gasteiger partial charge in [0.15, 0.2) is 5.16 Å². The predicted octanol–water partition coefficient (Wildman–Crippen LogP) is 3.45. The molecule has 0 radical (unpaired) electrons. The van der Waals surface area contributed by atoms with Crippen LogP contribution in [-0.4, -0.2) is 58.1 Å². The smallest absolute Gasteiger partial charge is 0.369 e. The van der Waals surface area contributed by atoms with E-state index in [4.69, 9.17) is 0 Å². The molecule has 2 aromatic rings. The molecule has 1 aromatic carbocycles. The highest BCUT2D eigenvalue weighted by Crippen LogP contribution is 2.31. The Morgan fingerprint density at radius 1 is 1.11 bits per heavy atom. The standard InChI is InChI=1S/C18H24F3N5S/c1-14-22-23-17(24(14)2)27-12-4-7-25-8-10-26(11-9-25)16-6-3-5-15(13-16)18(19,20)21/h3,5-6,13H,4,7-12H2,1-2H3. The van der Waals surface area contributed by atoms with E-state index in [1.165, 1.54) is 12.1 Å². The summed E-state index contributed by atoms with van der Waals surface area (Å²) in [6.45, 7) is 6.14. The number of aryl methyl sites for hydroxylation is 1. The molecule has 1 aromatic heterocycles. The first kappa shape index (κ1) is 20.0. The van der Waals surface area contributed by atoms with E-state index in [0.29, 0.717) is 5.69 Å². The van der Waals surface area contributed by atoms with Crippen molar-refractivity contribution in [3.63, 3.8) is 0 Å². The summed E-state index contributed by atoms with van der Waals surface area (Å²) in [5, 5.41) is 9.12. The van der Waals surface area contributed by atoms with Crippen LogP contribution in [0.5, 0.6) is 0 Å². The second kappa shape index (κ2) is 8.52. The summed E-state index contributed by atoms with van der Waals surface area (Å²) in [5.41, 5.74) is 0.0659. The quantitative estimate of drug-likeness (QED) is 0.549. The van der Waals surface area contributed by atoms with Crippen molar-refractivity contribution in [3.05, 3.63) is 35.7 Å². The van der Waals surface area contributed by atoms with Gasteiger partial charge >= 0.3 is 6.18 Å². The number of hydrogen-bond acceptors (Lipinski definition) is 5. The van der Waals surface area contributed by atoms with E-state index in [2.05, 4.69) is 15.1 Å². The molecule has 0 atom stereocenters. The molecule has 0 N–H and O–H groups in total. The van der Waals surface area contributed by atoms with Gasteiger partial charge in [-0.15, -0.1) is 10.2 Å². The maximum absolute atomic E-state index is 12.9. The molecule has 9 heteroatoms. The van der Waals surface area contributed by atoms with E-state index in [-0.39, 0.29) is 0 Å². The highest BCUT2D eigenvalue weighted by Gasteiger charge is 2.31. The Hall–Kier alpha value is -1.74. The van der Waals surface area contributed by atoms with Crippen molar-refractivity contribution in [3.8, 4) is 0 Å². The highest BCUT2D eigenvalue weighted by atomic mass is 32.2. The summed E-state index contributed by atoms with van der Waals surface area (Å²) in [4.78, 5) is 4.40. The number of thioether (sulfide) groups is 1. The van der Waals surface area contributed by atoms with Crippen LogP contribution in [0.2, 0.25) is 0 Å². The van der Waals surface area contributed by atoms with Crippen molar-refractivity contribution >= 4 is 17.4 Å². The zero-order valence-electron chi connectivity index (χ0n) is 15.5. The van der Waals surface area contributed by atoms with Crippen LogP contribution in [0.4, 0.5) is 18.9 Å². The van der Waals surface area contributed by atoms with Crippen LogP contribution in [0, 0.1) is 6.92 Å². The van der Waals surface area contributed by atoms with Crippen molar-refractivity contribution in [1.29, 1.82) is 0 Å². The van der Waals surface area contributed by atoms with Gasteiger partial charge in [0.25, 0.3) is 0 Å². The maximum atomic E-state index is 12.9. The van der Waals surface area contributed by atoms with Crippen molar-refractivity contribution in [2.75, 3.05) is 43.4 Å². The number of aromatic nitrogens is 3. The monoisotopic (exact) mass is 399 g/mol. The number of nitrogens with zero attached hydrogens (tertiary/aromatic N) is 5. The van der Waals surface area contributed by atoms with Gasteiger partial charge in [0.1, 0.15) is 5.82 Å². The molecule has 1 saturated heterocycles. The van der Waals surface area contributed by atoms with Crippen LogP contribution in [0.15, 0.2) is 29.4 Å². The molecule has 0 aliphatic carbocycles. The van der Waals surface area contributed by atoms with Crippen molar-refractivity contribution < 1.29 is 13.2 Å². The van der Waals surface area contributed by atoms with Gasteiger partial charge in [-0.2, -0.15) is 13.2 Å². The fourth-order valence-corrected chi connectivity index (χ4v) is 3.95. The number of halogens is 3. The number of benzene rings is 1. The largest absolute Gasteiger partial charge is 0.416 e. The topological polar surface area (TPSA) is 37.2 Å². The third-order valence-electron chi connectivity index (χ3n) is 4.81. The molecule has 0 amide bonds. The summed E-state index contributed by atoms with van der Waals surface area (Å²) < 4.78 is 40.6. The molecule has 0 bridgehead atoms. The minimum atomic E-state index is -4.29. The molecule has 27 heavy (non-hydrogen) atoms. The first-order chi connectivity index (χ1) is 12.8. The summed E-state index contributed by atoms with van der Waals surface area (Å²) in [5.74, 6) is 1.88. The SMILES string of the molecule is Cc1nnc(SCCCN2CCN(c3cccc(C(F)(F)F)c3)CC2)n1C. The van der Waals surface area contributed by atoms with E-state index < -0.39 is 11.7 Å². The van der Waals surface area contributed by atoms with Crippen LogP contribution in [0.25, 0.3) is 0 Å². The Balaban J connectivity index is 1.42. The van der Waals surface area contributed by atoms with Crippen molar-refractivity contribution in [2.24, 2.45) is 7.05 Å². The van der Waals surface area contributed by atoms with Crippen LogP contribution >= 0.6 is 11.8 Å². The van der Waals surface area contributed by atoms with Gasteiger partial charge in [0.2, 0.25) is 0 Å². The van der Waals surface area contributed by atoms with Gasteiger partial charge in [-0.25, -0.2) is 0 Å². The first-order valence-corrected chi connectivity index (χ1v) is 9.96. The van der Waals surface area contributed by atoms with Gasteiger partial charge in [-0.05, 0) is 38.1 Å². The van der Waals surface area contributed by atoms with E-state index in [1.807, 2.05) is 23.4 Å². The summed E-state index contributed by atoms with van der Waals surface area (Å²) in [6, 6.07) is 5.60. The van der Waals surface area contributed by atoms with Gasteiger partial charge in [0.05, 0.1) is 5.56 Å². The van der Waals surface area contributed by atoms with Gasteiger partial charge in [-0.3, -0.25) is 4.90 Å². The normalized spacial score (nSPS) is 16.1. The van der Waals surface area contributed by atoms with Gasteiger partial charge in [-0.1, -0.05) is 17.8 Å².